The summed E-state index contributed by atoms with van der Waals surface area (Å²) >= 11 is 6.21. The minimum Gasteiger partial charge on any atom is -0.348 e. The highest BCUT2D eigenvalue weighted by Crippen LogP contribution is 2.32. The third-order valence-corrected chi connectivity index (χ3v) is 8.70. The highest BCUT2D eigenvalue weighted by atomic mass is 35.5. The molecule has 0 unspecified atom stereocenters. The van der Waals surface area contributed by atoms with Crippen LogP contribution in [0.25, 0.3) is 27.6 Å². The Morgan fingerprint density at radius 1 is 1.05 bits per heavy atom. The smallest absolute Gasteiger partial charge is 0.245 e. The molecule has 1 aliphatic heterocycles. The Morgan fingerprint density at radius 2 is 1.75 bits per heavy atom. The number of amides is 2. The molecule has 44 heavy (non-hydrogen) atoms. The fourth-order valence-corrected chi connectivity index (χ4v) is 5.95. The first kappa shape index (κ1) is 31.0. The second-order valence-corrected chi connectivity index (χ2v) is 11.7. The molecule has 9 nitrogen and oxygen atoms in total. The van der Waals surface area contributed by atoms with E-state index in [2.05, 4.69) is 20.4 Å². The molecule has 4 aromatic rings. The largest absolute Gasteiger partial charge is 0.348 e. The summed E-state index contributed by atoms with van der Waals surface area (Å²) in [7, 11) is 0. The van der Waals surface area contributed by atoms with E-state index < -0.39 is 17.8 Å². The molecule has 2 aromatic heterocycles. The zero-order valence-corrected chi connectivity index (χ0v) is 26.0. The number of rotatable bonds is 8. The lowest BCUT2D eigenvalue weighted by Gasteiger charge is -2.28. The average molecular weight is 617 g/mol. The lowest BCUT2D eigenvalue weighted by Crippen LogP contribution is -2.49. The highest BCUT2D eigenvalue weighted by molar-refractivity contribution is 6.32. The molecule has 1 saturated heterocycles. The van der Waals surface area contributed by atoms with Crippen LogP contribution in [0.15, 0.2) is 60.7 Å². The maximum atomic E-state index is 15.1. The Kier molecular flexibility index (Phi) is 8.92. The van der Waals surface area contributed by atoms with Crippen molar-refractivity contribution in [3.63, 3.8) is 0 Å². The molecule has 2 aromatic carbocycles. The molecule has 5 rings (SSSR count). The van der Waals surface area contributed by atoms with Gasteiger partial charge in [0.25, 0.3) is 0 Å². The van der Waals surface area contributed by atoms with Gasteiger partial charge in [-0.1, -0.05) is 42.8 Å². The quantitative estimate of drug-likeness (QED) is 0.251. The van der Waals surface area contributed by atoms with E-state index in [1.54, 1.807) is 55.4 Å². The van der Waals surface area contributed by atoms with Crippen molar-refractivity contribution in [3.8, 4) is 11.1 Å². The van der Waals surface area contributed by atoms with Gasteiger partial charge in [0.1, 0.15) is 29.9 Å². The van der Waals surface area contributed by atoms with Crippen LogP contribution in [0.3, 0.4) is 0 Å². The number of nitrogens with zero attached hydrogens (tertiary/aromatic N) is 5. The maximum Gasteiger partial charge on any atom is 0.245 e. The third kappa shape index (κ3) is 6.12. The van der Waals surface area contributed by atoms with Crippen molar-refractivity contribution in [2.75, 3.05) is 6.54 Å². The topological polar surface area (TPSA) is 110 Å². The van der Waals surface area contributed by atoms with Crippen molar-refractivity contribution in [2.24, 2.45) is 5.92 Å². The fraction of sp³-hybridized carbons (Fsp3) is 0.333. The Bertz CT molecular complexity index is 1780. The van der Waals surface area contributed by atoms with Gasteiger partial charge >= 0.3 is 0 Å². The number of carbonyl (C=O) groups is 3. The van der Waals surface area contributed by atoms with E-state index in [1.807, 2.05) is 32.0 Å². The number of likely N-dealkylation sites (tertiary alicyclic amines) is 1. The molecule has 11 heteroatoms. The van der Waals surface area contributed by atoms with Crippen LogP contribution in [0.2, 0.25) is 5.02 Å². The number of halogens is 2. The van der Waals surface area contributed by atoms with Gasteiger partial charge in [0, 0.05) is 41.3 Å². The van der Waals surface area contributed by atoms with Crippen LogP contribution < -0.4 is 5.32 Å². The minimum atomic E-state index is -0.775. The maximum absolute atomic E-state index is 15.1. The van der Waals surface area contributed by atoms with Crippen LogP contribution >= 0.6 is 11.6 Å². The van der Waals surface area contributed by atoms with E-state index in [9.17, 15) is 14.4 Å². The summed E-state index contributed by atoms with van der Waals surface area (Å²) in [6, 6.07) is 11.4. The number of nitrogens with one attached hydrogen (secondary N) is 1. The molecular weight excluding hydrogens is 583 g/mol. The molecule has 3 heterocycles. The number of Topliss-reactive ketones (excluding diaryl/α,β-unsaturated/α-hetero) is 1. The Balaban J connectivity index is 1.37. The van der Waals surface area contributed by atoms with Gasteiger partial charge in [-0.25, -0.2) is 14.4 Å². The van der Waals surface area contributed by atoms with E-state index in [0.29, 0.717) is 39.3 Å². The van der Waals surface area contributed by atoms with Crippen LogP contribution in [0.5, 0.6) is 0 Å². The van der Waals surface area contributed by atoms with E-state index in [4.69, 9.17) is 11.6 Å². The summed E-state index contributed by atoms with van der Waals surface area (Å²) in [6.45, 7) is 8.23. The van der Waals surface area contributed by atoms with Crippen molar-refractivity contribution >= 4 is 45.7 Å². The number of aromatic nitrogens is 4. The molecule has 228 valence electrons. The minimum absolute atomic E-state index is 0.0429. The van der Waals surface area contributed by atoms with Crippen LogP contribution in [0, 0.1) is 12.8 Å². The molecule has 0 spiro atoms. The number of benzene rings is 2. The van der Waals surface area contributed by atoms with Crippen molar-refractivity contribution in [3.05, 3.63) is 82.8 Å². The second-order valence-electron chi connectivity index (χ2n) is 11.3. The molecule has 0 radical (unpaired) electrons. The highest BCUT2D eigenvalue weighted by Gasteiger charge is 2.43. The Morgan fingerprint density at radius 3 is 2.43 bits per heavy atom. The van der Waals surface area contributed by atoms with Crippen molar-refractivity contribution < 1.29 is 18.8 Å². The molecule has 0 bridgehead atoms. The van der Waals surface area contributed by atoms with Crippen LogP contribution in [0.1, 0.15) is 56.0 Å². The van der Waals surface area contributed by atoms with Gasteiger partial charge in [-0.15, -0.1) is 0 Å². The lowest BCUT2D eigenvalue weighted by molar-refractivity contribution is -0.140. The SMILES string of the molecule is CC(=O)c1nn(CC(=O)N2[C@H](C)[C@H](C)C[C@H]2C(=O)NC/C(F)=C(\C)c2ccccc2Cl)c2ccc(-c3cnc(C)nc3)cc12. The number of ketones is 1. The second kappa shape index (κ2) is 12.7. The summed E-state index contributed by atoms with van der Waals surface area (Å²) in [6.07, 6.45) is 3.87. The van der Waals surface area contributed by atoms with E-state index >= 15 is 4.39 Å². The standard InChI is InChI=1S/C33H34ClFN6O3/c1-18-12-30(33(44)38-16-28(35)19(2)25-8-6-7-9-27(25)34)41(20(18)3)31(43)17-40-29-11-10-23(24-14-36-22(5)37-15-24)13-26(29)32(39-40)21(4)42/h6-11,13-15,18,20,30H,12,16-17H2,1-5H3,(H,38,44)/b28-19-/t18-,20-,30+/m1/s1. The molecular formula is C33H34ClFN6O3. The zero-order chi connectivity index (χ0) is 31.7. The molecule has 1 aliphatic rings. The van der Waals surface area contributed by atoms with Gasteiger partial charge in [0.15, 0.2) is 5.78 Å². The molecule has 3 atom stereocenters. The van der Waals surface area contributed by atoms with E-state index in [-0.39, 0.29) is 42.4 Å². The fourth-order valence-electron chi connectivity index (χ4n) is 5.67. The van der Waals surface area contributed by atoms with Gasteiger partial charge in [0.05, 0.1) is 12.1 Å². The molecule has 0 aliphatic carbocycles. The van der Waals surface area contributed by atoms with Crippen LogP contribution in [-0.4, -0.2) is 60.9 Å². The van der Waals surface area contributed by atoms with Gasteiger partial charge in [0.2, 0.25) is 11.8 Å². The predicted octanol–water partition coefficient (Wildman–Crippen LogP) is 5.80. The number of hydrogen-bond acceptors (Lipinski definition) is 6. The first-order valence-corrected chi connectivity index (χ1v) is 14.8. The summed E-state index contributed by atoms with van der Waals surface area (Å²) in [4.78, 5) is 49.7. The van der Waals surface area contributed by atoms with Gasteiger partial charge in [-0.2, -0.15) is 5.10 Å². The molecule has 0 saturated carbocycles. The van der Waals surface area contributed by atoms with Crippen LogP contribution in [0.4, 0.5) is 4.39 Å². The van der Waals surface area contributed by atoms with E-state index in [0.717, 1.165) is 11.1 Å². The number of aryl methyl sites for hydroxylation is 1. The van der Waals surface area contributed by atoms with Crippen molar-refractivity contribution in [1.29, 1.82) is 0 Å². The Labute approximate surface area is 260 Å². The molecule has 2 amide bonds. The predicted molar refractivity (Wildman–Crippen MR) is 168 cm³/mol. The first-order chi connectivity index (χ1) is 21.0. The monoisotopic (exact) mass is 616 g/mol. The molecule has 1 N–H and O–H groups in total. The normalized spacial score (nSPS) is 18.8. The summed E-state index contributed by atoms with van der Waals surface area (Å²) in [5.41, 5.74) is 3.35. The van der Waals surface area contributed by atoms with Gasteiger partial charge in [-0.3, -0.25) is 19.1 Å². The van der Waals surface area contributed by atoms with Crippen LogP contribution in [-0.2, 0) is 16.1 Å². The van der Waals surface area contributed by atoms with Crippen molar-refractivity contribution in [2.45, 2.75) is 59.7 Å². The summed E-state index contributed by atoms with van der Waals surface area (Å²) < 4.78 is 16.6. The number of allylic oxidation sites excluding steroid dienone is 1. The Hall–Kier alpha value is -4.44. The van der Waals surface area contributed by atoms with E-state index in [1.165, 1.54) is 11.6 Å². The number of carbonyl (C=O) groups excluding carboxylic acids is 3. The first-order valence-electron chi connectivity index (χ1n) is 14.5. The van der Waals surface area contributed by atoms with Gasteiger partial charge in [-0.05, 0) is 68.0 Å². The zero-order valence-electron chi connectivity index (χ0n) is 25.3. The number of fused-ring (bicyclic) bond motifs is 1. The average Bonchev–Trinajstić information content (AvgIpc) is 3.52. The van der Waals surface area contributed by atoms with Crippen molar-refractivity contribution in [1.82, 2.24) is 30.0 Å². The molecule has 1 fully saturated rings. The summed E-state index contributed by atoms with van der Waals surface area (Å²) in [5, 5.41) is 8.20. The summed E-state index contributed by atoms with van der Waals surface area (Å²) in [5.74, 6) is -0.809. The third-order valence-electron chi connectivity index (χ3n) is 8.37. The lowest BCUT2D eigenvalue weighted by atomic mass is 10.0. The van der Waals surface area contributed by atoms with Gasteiger partial charge < -0.3 is 10.2 Å². The number of hydrogen-bond donors (Lipinski definition) is 1.